The lowest BCUT2D eigenvalue weighted by Crippen LogP contribution is -2.41. The Kier molecular flexibility index (Phi) is 5.36. The van der Waals surface area contributed by atoms with E-state index in [1.807, 2.05) is 23.6 Å². The van der Waals surface area contributed by atoms with E-state index in [2.05, 4.69) is 24.3 Å². The largest absolute Gasteiger partial charge is 0.378 e. The Bertz CT molecular complexity index is 492. The van der Waals surface area contributed by atoms with Gasteiger partial charge in [0.25, 0.3) is 0 Å². The van der Waals surface area contributed by atoms with Gasteiger partial charge in [0.1, 0.15) is 0 Å². The third kappa shape index (κ3) is 3.83. The molecule has 1 amide bonds. The molecular weight excluding hydrogens is 268 g/mol. The minimum atomic E-state index is 0.205. The molecule has 21 heavy (non-hydrogen) atoms. The first kappa shape index (κ1) is 16.0. The molecule has 0 saturated carbocycles. The van der Waals surface area contributed by atoms with Gasteiger partial charge in [-0.05, 0) is 20.8 Å². The number of aryl methyl sites for hydroxylation is 2. The maximum atomic E-state index is 12.1. The summed E-state index contributed by atoms with van der Waals surface area (Å²) in [5, 5.41) is 7.87. The van der Waals surface area contributed by atoms with Crippen molar-refractivity contribution in [2.45, 2.75) is 33.2 Å². The van der Waals surface area contributed by atoms with E-state index in [9.17, 15) is 4.79 Å². The number of amides is 1. The highest BCUT2D eigenvalue weighted by Crippen LogP contribution is 2.20. The van der Waals surface area contributed by atoms with Crippen LogP contribution in [-0.2, 0) is 16.6 Å². The van der Waals surface area contributed by atoms with Crippen LogP contribution in [0.15, 0.2) is 0 Å². The molecule has 1 N–H and O–H groups in total. The minimum Gasteiger partial charge on any atom is -0.378 e. The maximum Gasteiger partial charge on any atom is 0.224 e. The fourth-order valence-corrected chi connectivity index (χ4v) is 2.89. The second-order valence-corrected chi connectivity index (χ2v) is 5.63. The van der Waals surface area contributed by atoms with Crippen LogP contribution >= 0.6 is 0 Å². The van der Waals surface area contributed by atoms with Gasteiger partial charge in [0.05, 0.1) is 18.9 Å². The molecule has 1 unspecified atom stereocenters. The summed E-state index contributed by atoms with van der Waals surface area (Å²) < 4.78 is 7.16. The Balaban J connectivity index is 1.81. The van der Waals surface area contributed by atoms with Gasteiger partial charge in [0, 0.05) is 50.4 Å². The zero-order valence-corrected chi connectivity index (χ0v) is 13.5. The quantitative estimate of drug-likeness (QED) is 0.878. The van der Waals surface area contributed by atoms with Crippen molar-refractivity contribution in [3.8, 4) is 0 Å². The van der Waals surface area contributed by atoms with E-state index in [-0.39, 0.29) is 11.9 Å². The predicted octanol–water partition coefficient (Wildman–Crippen LogP) is 0.936. The van der Waals surface area contributed by atoms with Gasteiger partial charge < -0.3 is 15.0 Å². The molecule has 1 aliphatic rings. The first-order chi connectivity index (χ1) is 10.0. The normalized spacial score (nSPS) is 17.0. The van der Waals surface area contributed by atoms with Gasteiger partial charge in [0.2, 0.25) is 5.91 Å². The van der Waals surface area contributed by atoms with Crippen LogP contribution in [-0.4, -0.2) is 53.4 Å². The van der Waals surface area contributed by atoms with Crippen LogP contribution in [0.5, 0.6) is 0 Å². The second-order valence-electron chi connectivity index (χ2n) is 5.63. The molecule has 0 aliphatic carbocycles. The van der Waals surface area contributed by atoms with E-state index in [1.165, 1.54) is 11.3 Å². The molecule has 1 aromatic rings. The van der Waals surface area contributed by atoms with Crippen LogP contribution < -0.4 is 5.32 Å². The standard InChI is InChI=1S/C15H26N4O2/c1-11(15-12(2)17-18(4)13(15)3)16-6-5-14(20)19-7-9-21-10-8-19/h11,16H,5-10H2,1-4H3. The first-order valence-electron chi connectivity index (χ1n) is 7.59. The summed E-state index contributed by atoms with van der Waals surface area (Å²) in [6.45, 7) is 9.66. The number of morpholine rings is 1. The number of nitrogens with one attached hydrogen (secondary N) is 1. The highest BCUT2D eigenvalue weighted by Gasteiger charge is 2.18. The SMILES string of the molecule is Cc1nn(C)c(C)c1C(C)NCCC(=O)N1CCOCC1. The molecule has 2 rings (SSSR count). The Morgan fingerprint density at radius 3 is 2.62 bits per heavy atom. The summed E-state index contributed by atoms with van der Waals surface area (Å²) in [4.78, 5) is 14.0. The number of hydrogen-bond donors (Lipinski definition) is 1. The van der Waals surface area contributed by atoms with Crippen molar-refractivity contribution >= 4 is 5.91 Å². The smallest absolute Gasteiger partial charge is 0.224 e. The van der Waals surface area contributed by atoms with E-state index in [0.29, 0.717) is 26.2 Å². The number of carbonyl (C=O) groups is 1. The zero-order chi connectivity index (χ0) is 15.4. The van der Waals surface area contributed by atoms with Crippen molar-refractivity contribution in [1.29, 1.82) is 0 Å². The van der Waals surface area contributed by atoms with Gasteiger partial charge in [-0.3, -0.25) is 9.48 Å². The number of aromatic nitrogens is 2. The monoisotopic (exact) mass is 294 g/mol. The lowest BCUT2D eigenvalue weighted by atomic mass is 10.1. The average molecular weight is 294 g/mol. The summed E-state index contributed by atoms with van der Waals surface area (Å²) >= 11 is 0. The second kappa shape index (κ2) is 7.04. The van der Waals surface area contributed by atoms with Crippen LogP contribution in [0.2, 0.25) is 0 Å². The number of carbonyl (C=O) groups excluding carboxylic acids is 1. The fourth-order valence-electron chi connectivity index (χ4n) is 2.89. The van der Waals surface area contributed by atoms with Gasteiger partial charge in [0.15, 0.2) is 0 Å². The fraction of sp³-hybridized carbons (Fsp3) is 0.733. The predicted molar refractivity (Wildman–Crippen MR) is 81.1 cm³/mol. The number of nitrogens with zero attached hydrogens (tertiary/aromatic N) is 3. The molecule has 1 atom stereocenters. The Labute approximate surface area is 126 Å². The van der Waals surface area contributed by atoms with E-state index in [1.54, 1.807) is 0 Å². The summed E-state index contributed by atoms with van der Waals surface area (Å²) in [6, 6.07) is 0.205. The van der Waals surface area contributed by atoms with Crippen LogP contribution in [0.1, 0.15) is 36.3 Å². The van der Waals surface area contributed by atoms with Crippen LogP contribution in [0.4, 0.5) is 0 Å². The molecular formula is C15H26N4O2. The summed E-state index contributed by atoms with van der Waals surface area (Å²) in [7, 11) is 1.96. The van der Waals surface area contributed by atoms with E-state index in [0.717, 1.165) is 18.8 Å². The molecule has 6 nitrogen and oxygen atoms in total. The highest BCUT2D eigenvalue weighted by molar-refractivity contribution is 5.76. The molecule has 0 bridgehead atoms. The maximum absolute atomic E-state index is 12.1. The van der Waals surface area contributed by atoms with E-state index >= 15 is 0 Å². The summed E-state index contributed by atoms with van der Waals surface area (Å²) in [5.41, 5.74) is 3.46. The molecule has 1 aromatic heterocycles. The molecule has 1 aliphatic heterocycles. The Morgan fingerprint density at radius 1 is 1.38 bits per heavy atom. The van der Waals surface area contributed by atoms with Gasteiger partial charge in [-0.1, -0.05) is 0 Å². The highest BCUT2D eigenvalue weighted by atomic mass is 16.5. The van der Waals surface area contributed by atoms with Crippen molar-refractivity contribution in [1.82, 2.24) is 20.0 Å². The van der Waals surface area contributed by atoms with Crippen molar-refractivity contribution in [3.63, 3.8) is 0 Å². The molecule has 1 saturated heterocycles. The van der Waals surface area contributed by atoms with Crippen LogP contribution in [0, 0.1) is 13.8 Å². The van der Waals surface area contributed by atoms with Crippen LogP contribution in [0.3, 0.4) is 0 Å². The average Bonchev–Trinajstić information content (AvgIpc) is 2.73. The first-order valence-corrected chi connectivity index (χ1v) is 7.59. The molecule has 118 valence electrons. The van der Waals surface area contributed by atoms with E-state index in [4.69, 9.17) is 4.74 Å². The number of rotatable bonds is 5. The third-order valence-electron chi connectivity index (χ3n) is 4.15. The van der Waals surface area contributed by atoms with Gasteiger partial charge in [-0.2, -0.15) is 5.10 Å². The third-order valence-corrected chi connectivity index (χ3v) is 4.15. The topological polar surface area (TPSA) is 59.4 Å². The molecule has 6 heteroatoms. The molecule has 1 fully saturated rings. The minimum absolute atomic E-state index is 0.205. The van der Waals surface area contributed by atoms with Crippen molar-refractivity contribution in [2.75, 3.05) is 32.8 Å². The molecule has 0 spiro atoms. The zero-order valence-electron chi connectivity index (χ0n) is 13.5. The van der Waals surface area contributed by atoms with Crippen molar-refractivity contribution in [2.24, 2.45) is 7.05 Å². The van der Waals surface area contributed by atoms with Crippen molar-refractivity contribution < 1.29 is 9.53 Å². The van der Waals surface area contributed by atoms with Crippen LogP contribution in [0.25, 0.3) is 0 Å². The van der Waals surface area contributed by atoms with Gasteiger partial charge in [-0.15, -0.1) is 0 Å². The number of ether oxygens (including phenoxy) is 1. The molecule has 2 heterocycles. The van der Waals surface area contributed by atoms with Crippen molar-refractivity contribution in [3.05, 3.63) is 17.0 Å². The summed E-state index contributed by atoms with van der Waals surface area (Å²) in [5.74, 6) is 0.206. The molecule has 0 radical (unpaired) electrons. The van der Waals surface area contributed by atoms with Gasteiger partial charge in [-0.25, -0.2) is 0 Å². The Morgan fingerprint density at radius 2 is 2.05 bits per heavy atom. The van der Waals surface area contributed by atoms with E-state index < -0.39 is 0 Å². The summed E-state index contributed by atoms with van der Waals surface area (Å²) in [6.07, 6.45) is 0.530. The lowest BCUT2D eigenvalue weighted by Gasteiger charge is -2.27. The lowest BCUT2D eigenvalue weighted by molar-refractivity contribution is -0.135. The number of hydrogen-bond acceptors (Lipinski definition) is 4. The Hall–Kier alpha value is -1.40. The van der Waals surface area contributed by atoms with Gasteiger partial charge >= 0.3 is 0 Å². The molecule has 0 aromatic carbocycles.